The Morgan fingerprint density at radius 3 is 2.68 bits per heavy atom. The van der Waals surface area contributed by atoms with Gasteiger partial charge in [-0.1, -0.05) is 13.0 Å². The summed E-state index contributed by atoms with van der Waals surface area (Å²) in [6.45, 7) is 11.3. The minimum absolute atomic E-state index is 0.132. The largest absolute Gasteiger partial charge is 0.444 e. The summed E-state index contributed by atoms with van der Waals surface area (Å²) in [4.78, 5) is 33.5. The van der Waals surface area contributed by atoms with Crippen molar-refractivity contribution in [3.05, 3.63) is 58.1 Å². The standard InChI is InChI=1S/C26H33ClN6O4/c1-7-10-28-18-9-8-17(20(27)13-18)12-22-32-33-24(36-22)23(34)29-14-19-15(2)11-21(30-16(19)3)31-25(35)37-26(4,5)6/h8-11,20H,7,12-14H2,1-6H3,(H,29,34)(H,30,31,35)/b28-10-. The Morgan fingerprint density at radius 1 is 1.27 bits per heavy atom. The summed E-state index contributed by atoms with van der Waals surface area (Å²) >= 11 is 6.50. The number of nitrogens with one attached hydrogen (secondary N) is 2. The van der Waals surface area contributed by atoms with Crippen LogP contribution in [0.4, 0.5) is 10.6 Å². The van der Waals surface area contributed by atoms with Gasteiger partial charge in [-0.05, 0) is 69.9 Å². The Labute approximate surface area is 221 Å². The van der Waals surface area contributed by atoms with E-state index in [1.54, 1.807) is 33.8 Å². The maximum absolute atomic E-state index is 12.6. The maximum atomic E-state index is 12.6. The van der Waals surface area contributed by atoms with Crippen molar-refractivity contribution >= 4 is 35.6 Å². The van der Waals surface area contributed by atoms with Crippen LogP contribution < -0.4 is 10.6 Å². The molecule has 2 heterocycles. The fourth-order valence-corrected chi connectivity index (χ4v) is 3.91. The van der Waals surface area contributed by atoms with Gasteiger partial charge in [-0.15, -0.1) is 21.8 Å². The number of aryl methyl sites for hydroxylation is 2. The highest BCUT2D eigenvalue weighted by atomic mass is 35.5. The fraction of sp³-hybridized carbons (Fsp3) is 0.462. The van der Waals surface area contributed by atoms with Crippen LogP contribution >= 0.6 is 11.6 Å². The number of carbonyl (C=O) groups is 2. The molecule has 2 amide bonds. The van der Waals surface area contributed by atoms with E-state index in [9.17, 15) is 9.59 Å². The Balaban J connectivity index is 1.59. The van der Waals surface area contributed by atoms with Gasteiger partial charge in [-0.25, -0.2) is 9.78 Å². The molecule has 2 aromatic rings. The number of aliphatic imine (C=N–C) groups is 1. The summed E-state index contributed by atoms with van der Waals surface area (Å²) in [6, 6.07) is 1.72. The number of rotatable bonds is 8. The van der Waals surface area contributed by atoms with Gasteiger partial charge in [0.2, 0.25) is 5.89 Å². The molecule has 0 bridgehead atoms. The molecule has 10 nitrogen and oxygen atoms in total. The van der Waals surface area contributed by atoms with E-state index in [-0.39, 0.29) is 17.8 Å². The van der Waals surface area contributed by atoms with Crippen molar-refractivity contribution < 1.29 is 18.7 Å². The number of pyridine rings is 1. The first-order chi connectivity index (χ1) is 17.4. The van der Waals surface area contributed by atoms with Gasteiger partial charge in [0, 0.05) is 37.0 Å². The molecule has 1 unspecified atom stereocenters. The SMILES string of the molecule is CC/C=N\C1=CC=C(Cc2nnc(C(=O)NCc3c(C)cc(NC(=O)OC(C)(C)C)nc3C)o2)C(Cl)C1. The summed E-state index contributed by atoms with van der Waals surface area (Å²) in [5, 5.41) is 13.1. The first-order valence-electron chi connectivity index (χ1n) is 12.1. The summed E-state index contributed by atoms with van der Waals surface area (Å²) in [6.07, 6.45) is 6.93. The molecule has 0 aliphatic heterocycles. The van der Waals surface area contributed by atoms with E-state index >= 15 is 0 Å². The van der Waals surface area contributed by atoms with Crippen LogP contribution in [-0.2, 0) is 17.7 Å². The number of halogens is 1. The topological polar surface area (TPSA) is 132 Å². The molecule has 1 aliphatic carbocycles. The number of aromatic nitrogens is 3. The molecular weight excluding hydrogens is 496 g/mol. The second-order valence-corrected chi connectivity index (χ2v) is 10.2. The monoisotopic (exact) mass is 528 g/mol. The van der Waals surface area contributed by atoms with Crippen LogP contribution in [0.5, 0.6) is 0 Å². The lowest BCUT2D eigenvalue weighted by Gasteiger charge is -2.20. The van der Waals surface area contributed by atoms with Gasteiger partial charge in [0.15, 0.2) is 0 Å². The summed E-state index contributed by atoms with van der Waals surface area (Å²) < 4.78 is 10.8. The average Bonchev–Trinajstić information content (AvgIpc) is 3.26. The van der Waals surface area contributed by atoms with Crippen LogP contribution in [0, 0.1) is 13.8 Å². The maximum Gasteiger partial charge on any atom is 0.413 e. The summed E-state index contributed by atoms with van der Waals surface area (Å²) in [7, 11) is 0. The Kier molecular flexibility index (Phi) is 9.20. The zero-order valence-corrected chi connectivity index (χ0v) is 22.8. The number of amides is 2. The van der Waals surface area contributed by atoms with Gasteiger partial charge in [-0.2, -0.15) is 0 Å². The van der Waals surface area contributed by atoms with Crippen LogP contribution in [-0.4, -0.2) is 44.4 Å². The van der Waals surface area contributed by atoms with Crippen molar-refractivity contribution in [3.8, 4) is 0 Å². The molecule has 0 aromatic carbocycles. The fourth-order valence-electron chi connectivity index (χ4n) is 3.60. The lowest BCUT2D eigenvalue weighted by molar-refractivity contribution is 0.0635. The van der Waals surface area contributed by atoms with Gasteiger partial charge in [0.05, 0.1) is 5.38 Å². The molecule has 198 valence electrons. The van der Waals surface area contributed by atoms with Crippen LogP contribution in [0.1, 0.15) is 73.9 Å². The molecule has 0 radical (unpaired) electrons. The number of alkyl halides is 1. The molecule has 0 spiro atoms. The molecule has 1 aliphatic rings. The molecule has 0 saturated heterocycles. The predicted molar refractivity (Wildman–Crippen MR) is 142 cm³/mol. The zero-order chi connectivity index (χ0) is 27.2. The third-order valence-corrected chi connectivity index (χ3v) is 5.78. The Morgan fingerprint density at radius 2 is 2.03 bits per heavy atom. The molecule has 37 heavy (non-hydrogen) atoms. The van der Waals surface area contributed by atoms with Crippen molar-refractivity contribution in [2.24, 2.45) is 4.99 Å². The highest BCUT2D eigenvalue weighted by Gasteiger charge is 2.22. The van der Waals surface area contributed by atoms with Crippen LogP contribution in [0.25, 0.3) is 0 Å². The molecule has 0 fully saturated rings. The van der Waals surface area contributed by atoms with E-state index in [4.69, 9.17) is 20.8 Å². The molecule has 3 rings (SSSR count). The predicted octanol–water partition coefficient (Wildman–Crippen LogP) is 5.20. The van der Waals surface area contributed by atoms with Crippen molar-refractivity contribution in [3.63, 3.8) is 0 Å². The average molecular weight is 529 g/mol. The van der Waals surface area contributed by atoms with Crippen molar-refractivity contribution in [2.45, 2.75) is 78.3 Å². The van der Waals surface area contributed by atoms with Gasteiger partial charge in [0.25, 0.3) is 0 Å². The van der Waals surface area contributed by atoms with Crippen LogP contribution in [0.15, 0.2) is 38.9 Å². The lowest BCUT2D eigenvalue weighted by atomic mass is 9.99. The number of allylic oxidation sites excluding steroid dienone is 4. The molecule has 0 saturated carbocycles. The van der Waals surface area contributed by atoms with E-state index < -0.39 is 17.6 Å². The molecule has 2 N–H and O–H groups in total. The Bertz CT molecular complexity index is 1220. The Hall–Kier alpha value is -3.53. The highest BCUT2D eigenvalue weighted by Crippen LogP contribution is 2.27. The minimum Gasteiger partial charge on any atom is -0.444 e. The quantitative estimate of drug-likeness (QED) is 0.355. The molecular formula is C26H33ClN6O4. The molecule has 11 heteroatoms. The number of hydrogen-bond acceptors (Lipinski definition) is 8. The van der Waals surface area contributed by atoms with E-state index in [1.807, 2.05) is 32.2 Å². The lowest BCUT2D eigenvalue weighted by Crippen LogP contribution is -2.28. The van der Waals surface area contributed by atoms with E-state index in [1.165, 1.54) is 0 Å². The summed E-state index contributed by atoms with van der Waals surface area (Å²) in [5.41, 5.74) is 3.54. The summed E-state index contributed by atoms with van der Waals surface area (Å²) in [5.74, 6) is 0.0506. The highest BCUT2D eigenvalue weighted by molar-refractivity contribution is 6.22. The minimum atomic E-state index is -0.615. The van der Waals surface area contributed by atoms with Gasteiger partial charge >= 0.3 is 17.9 Å². The molecule has 1 atom stereocenters. The van der Waals surface area contributed by atoms with Gasteiger partial charge < -0.3 is 14.5 Å². The van der Waals surface area contributed by atoms with Crippen LogP contribution in [0.2, 0.25) is 0 Å². The second-order valence-electron chi connectivity index (χ2n) is 9.67. The number of hydrogen-bond donors (Lipinski definition) is 2. The number of anilines is 1. The van der Waals surface area contributed by atoms with Crippen molar-refractivity contribution in [2.75, 3.05) is 5.32 Å². The zero-order valence-electron chi connectivity index (χ0n) is 22.0. The van der Waals surface area contributed by atoms with Gasteiger partial charge in [0.1, 0.15) is 11.4 Å². The van der Waals surface area contributed by atoms with Crippen molar-refractivity contribution in [1.29, 1.82) is 0 Å². The number of carbonyl (C=O) groups excluding carboxylic acids is 2. The first-order valence-corrected chi connectivity index (χ1v) is 12.5. The normalized spacial score (nSPS) is 15.8. The van der Waals surface area contributed by atoms with Gasteiger partial charge in [-0.3, -0.25) is 15.1 Å². The van der Waals surface area contributed by atoms with Crippen LogP contribution in [0.3, 0.4) is 0 Å². The van der Waals surface area contributed by atoms with E-state index in [0.29, 0.717) is 30.2 Å². The second kappa shape index (κ2) is 12.1. The van der Waals surface area contributed by atoms with E-state index in [2.05, 4.69) is 30.8 Å². The number of nitrogens with zero attached hydrogens (tertiary/aromatic N) is 4. The van der Waals surface area contributed by atoms with E-state index in [0.717, 1.165) is 28.8 Å². The first kappa shape index (κ1) is 28.0. The third kappa shape index (κ3) is 8.24. The smallest absolute Gasteiger partial charge is 0.413 e. The van der Waals surface area contributed by atoms with Crippen molar-refractivity contribution in [1.82, 2.24) is 20.5 Å². The third-order valence-electron chi connectivity index (χ3n) is 5.35. The number of ether oxygens (including phenoxy) is 1. The molecule has 2 aromatic heterocycles.